The standard InChI is InChI=1S/C14H21N3O3/c1-10-8-12(17-16-10)13(18)15-9-11-2-4-14(5-3-11)19-6-7-20-14/h8,11H,2-7,9H2,1H3,(H,15,18)(H,16,17). The predicted octanol–water partition coefficient (Wildman–Crippen LogP) is 1.38. The maximum atomic E-state index is 11.9. The van der Waals surface area contributed by atoms with Crippen molar-refractivity contribution in [3.63, 3.8) is 0 Å². The molecule has 110 valence electrons. The van der Waals surface area contributed by atoms with Crippen molar-refractivity contribution in [2.45, 2.75) is 38.4 Å². The molecule has 1 amide bonds. The van der Waals surface area contributed by atoms with Crippen LogP contribution in [0.4, 0.5) is 0 Å². The van der Waals surface area contributed by atoms with Gasteiger partial charge in [0.25, 0.3) is 5.91 Å². The van der Waals surface area contributed by atoms with Crippen LogP contribution in [-0.2, 0) is 9.47 Å². The van der Waals surface area contributed by atoms with Crippen LogP contribution < -0.4 is 5.32 Å². The van der Waals surface area contributed by atoms with E-state index in [4.69, 9.17) is 9.47 Å². The minimum Gasteiger partial charge on any atom is -0.350 e. The van der Waals surface area contributed by atoms with E-state index in [0.717, 1.165) is 31.4 Å². The van der Waals surface area contributed by atoms with Gasteiger partial charge in [-0.3, -0.25) is 9.89 Å². The van der Waals surface area contributed by atoms with Gasteiger partial charge in [0.2, 0.25) is 0 Å². The largest absolute Gasteiger partial charge is 0.350 e. The van der Waals surface area contributed by atoms with E-state index >= 15 is 0 Å². The lowest BCUT2D eigenvalue weighted by atomic mass is 9.85. The second-order valence-corrected chi connectivity index (χ2v) is 5.70. The van der Waals surface area contributed by atoms with Crippen molar-refractivity contribution in [1.82, 2.24) is 15.5 Å². The van der Waals surface area contributed by atoms with Crippen LogP contribution in [0.1, 0.15) is 41.9 Å². The molecule has 0 unspecified atom stereocenters. The van der Waals surface area contributed by atoms with Crippen molar-refractivity contribution in [2.75, 3.05) is 19.8 Å². The number of carbonyl (C=O) groups excluding carboxylic acids is 1. The van der Waals surface area contributed by atoms with Crippen LogP contribution in [-0.4, -0.2) is 41.7 Å². The number of amides is 1. The third kappa shape index (κ3) is 2.86. The number of H-pyrrole nitrogens is 1. The number of aromatic nitrogens is 2. The minimum atomic E-state index is -0.320. The molecule has 6 heteroatoms. The molecule has 0 aromatic carbocycles. The topological polar surface area (TPSA) is 76.2 Å². The molecule has 0 bridgehead atoms. The summed E-state index contributed by atoms with van der Waals surface area (Å²) in [7, 11) is 0. The van der Waals surface area contributed by atoms with Crippen LogP contribution in [0.5, 0.6) is 0 Å². The molecule has 0 radical (unpaired) electrons. The summed E-state index contributed by atoms with van der Waals surface area (Å²) >= 11 is 0. The average Bonchev–Trinajstić information content (AvgIpc) is 3.08. The van der Waals surface area contributed by atoms with Crippen LogP contribution in [0.15, 0.2) is 6.07 Å². The van der Waals surface area contributed by atoms with Crippen molar-refractivity contribution >= 4 is 5.91 Å². The maximum absolute atomic E-state index is 11.9. The second-order valence-electron chi connectivity index (χ2n) is 5.70. The van der Waals surface area contributed by atoms with Gasteiger partial charge in [0.15, 0.2) is 5.79 Å². The molecule has 20 heavy (non-hydrogen) atoms. The molecule has 2 aliphatic rings. The SMILES string of the molecule is Cc1cc(C(=O)NCC2CCC3(CC2)OCCO3)n[nH]1. The summed E-state index contributed by atoms with van der Waals surface area (Å²) in [5.74, 6) is 0.0696. The van der Waals surface area contributed by atoms with Gasteiger partial charge >= 0.3 is 0 Å². The van der Waals surface area contributed by atoms with Gasteiger partial charge in [0, 0.05) is 25.1 Å². The number of carbonyl (C=O) groups is 1. The highest BCUT2D eigenvalue weighted by atomic mass is 16.7. The van der Waals surface area contributed by atoms with Gasteiger partial charge in [-0.1, -0.05) is 0 Å². The molecule has 1 saturated heterocycles. The molecular weight excluding hydrogens is 258 g/mol. The third-order valence-electron chi connectivity index (χ3n) is 4.17. The Kier molecular flexibility index (Phi) is 3.76. The summed E-state index contributed by atoms with van der Waals surface area (Å²) < 4.78 is 11.4. The molecule has 1 aromatic rings. The lowest BCUT2D eigenvalue weighted by molar-refractivity contribution is -0.182. The average molecular weight is 279 g/mol. The molecule has 1 spiro atoms. The molecule has 0 atom stereocenters. The first kappa shape index (κ1) is 13.6. The van der Waals surface area contributed by atoms with Crippen LogP contribution >= 0.6 is 0 Å². The van der Waals surface area contributed by atoms with E-state index in [0.29, 0.717) is 31.4 Å². The molecular formula is C14H21N3O3. The fourth-order valence-electron chi connectivity index (χ4n) is 2.97. The van der Waals surface area contributed by atoms with Gasteiger partial charge in [-0.25, -0.2) is 0 Å². The summed E-state index contributed by atoms with van der Waals surface area (Å²) in [4.78, 5) is 11.9. The molecule has 3 rings (SSSR count). The number of rotatable bonds is 3. The smallest absolute Gasteiger partial charge is 0.271 e. The molecule has 1 aliphatic heterocycles. The first-order valence-electron chi connectivity index (χ1n) is 7.25. The highest BCUT2D eigenvalue weighted by molar-refractivity contribution is 5.92. The number of hydrogen-bond acceptors (Lipinski definition) is 4. The minimum absolute atomic E-state index is 0.108. The van der Waals surface area contributed by atoms with Crippen LogP contribution in [0, 0.1) is 12.8 Å². The fourth-order valence-corrected chi connectivity index (χ4v) is 2.97. The van der Waals surface area contributed by atoms with Crippen LogP contribution in [0.3, 0.4) is 0 Å². The second kappa shape index (κ2) is 5.54. The summed E-state index contributed by atoms with van der Waals surface area (Å²) in [6.45, 7) is 3.99. The lowest BCUT2D eigenvalue weighted by Crippen LogP contribution is -2.38. The summed E-state index contributed by atoms with van der Waals surface area (Å²) in [5, 5.41) is 9.69. The fraction of sp³-hybridized carbons (Fsp3) is 0.714. The maximum Gasteiger partial charge on any atom is 0.271 e. The number of aryl methyl sites for hydroxylation is 1. The molecule has 2 fully saturated rings. The number of hydrogen-bond donors (Lipinski definition) is 2. The van der Waals surface area contributed by atoms with Crippen molar-refractivity contribution in [3.8, 4) is 0 Å². The van der Waals surface area contributed by atoms with E-state index in [9.17, 15) is 4.79 Å². The highest BCUT2D eigenvalue weighted by Crippen LogP contribution is 2.37. The Morgan fingerprint density at radius 3 is 2.75 bits per heavy atom. The first-order valence-corrected chi connectivity index (χ1v) is 7.25. The molecule has 1 aromatic heterocycles. The number of aromatic amines is 1. The predicted molar refractivity (Wildman–Crippen MR) is 72.3 cm³/mol. The highest BCUT2D eigenvalue weighted by Gasteiger charge is 2.40. The summed E-state index contributed by atoms with van der Waals surface area (Å²) in [5.41, 5.74) is 1.35. The summed E-state index contributed by atoms with van der Waals surface area (Å²) in [6, 6.07) is 1.76. The van der Waals surface area contributed by atoms with Gasteiger partial charge in [0.1, 0.15) is 5.69 Å². The third-order valence-corrected chi connectivity index (χ3v) is 4.17. The van der Waals surface area contributed by atoms with E-state index in [1.807, 2.05) is 6.92 Å². The monoisotopic (exact) mass is 279 g/mol. The van der Waals surface area contributed by atoms with Gasteiger partial charge < -0.3 is 14.8 Å². The van der Waals surface area contributed by atoms with E-state index in [-0.39, 0.29) is 11.7 Å². The van der Waals surface area contributed by atoms with E-state index < -0.39 is 0 Å². The zero-order valence-corrected chi connectivity index (χ0v) is 11.8. The quantitative estimate of drug-likeness (QED) is 0.876. The summed E-state index contributed by atoms with van der Waals surface area (Å²) in [6.07, 6.45) is 3.91. The lowest BCUT2D eigenvalue weighted by Gasteiger charge is -2.35. The number of ether oxygens (including phenoxy) is 2. The zero-order chi connectivity index (χ0) is 14.0. The van der Waals surface area contributed by atoms with Gasteiger partial charge in [-0.15, -0.1) is 0 Å². The Bertz CT molecular complexity index is 470. The van der Waals surface area contributed by atoms with Crippen LogP contribution in [0.25, 0.3) is 0 Å². The zero-order valence-electron chi connectivity index (χ0n) is 11.8. The Balaban J connectivity index is 1.44. The van der Waals surface area contributed by atoms with Gasteiger partial charge in [-0.05, 0) is 31.7 Å². The Morgan fingerprint density at radius 1 is 1.45 bits per heavy atom. The molecule has 2 N–H and O–H groups in total. The van der Waals surface area contributed by atoms with Gasteiger partial charge in [-0.2, -0.15) is 5.10 Å². The van der Waals surface area contributed by atoms with Crippen molar-refractivity contribution < 1.29 is 14.3 Å². The van der Waals surface area contributed by atoms with E-state index in [1.165, 1.54) is 0 Å². The molecule has 1 aliphatic carbocycles. The molecule has 1 saturated carbocycles. The normalized spacial score (nSPS) is 22.2. The molecule has 2 heterocycles. The van der Waals surface area contributed by atoms with Gasteiger partial charge in [0.05, 0.1) is 13.2 Å². The Hall–Kier alpha value is -1.40. The number of nitrogens with one attached hydrogen (secondary N) is 2. The van der Waals surface area contributed by atoms with E-state index in [1.54, 1.807) is 6.07 Å². The first-order chi connectivity index (χ1) is 9.67. The Labute approximate surface area is 118 Å². The van der Waals surface area contributed by atoms with Crippen molar-refractivity contribution in [1.29, 1.82) is 0 Å². The Morgan fingerprint density at radius 2 is 2.15 bits per heavy atom. The van der Waals surface area contributed by atoms with Crippen molar-refractivity contribution in [3.05, 3.63) is 17.5 Å². The van der Waals surface area contributed by atoms with E-state index in [2.05, 4.69) is 15.5 Å². The van der Waals surface area contributed by atoms with Crippen molar-refractivity contribution in [2.24, 2.45) is 5.92 Å². The molecule has 6 nitrogen and oxygen atoms in total. The number of nitrogens with zero attached hydrogens (tertiary/aromatic N) is 1. The van der Waals surface area contributed by atoms with Crippen LogP contribution in [0.2, 0.25) is 0 Å².